The van der Waals surface area contributed by atoms with Gasteiger partial charge in [0.15, 0.2) is 0 Å². The zero-order valence-corrected chi connectivity index (χ0v) is 23.0. The summed E-state index contributed by atoms with van der Waals surface area (Å²) in [6.45, 7) is 22.2. The van der Waals surface area contributed by atoms with Gasteiger partial charge in [0.1, 0.15) is 0 Å². The molecule has 0 aliphatic heterocycles. The zero-order valence-electron chi connectivity index (χ0n) is 23.0. The topological polar surface area (TPSA) is 12.0 Å². The van der Waals surface area contributed by atoms with Gasteiger partial charge in [0.2, 0.25) is 0 Å². The third-order valence-electron chi connectivity index (χ3n) is 5.78. The Morgan fingerprint density at radius 2 is 0.909 bits per heavy atom. The molecule has 33 heavy (non-hydrogen) atoms. The monoisotopic (exact) mass is 445 g/mol. The maximum Gasteiger partial charge on any atom is 0.0337 e. The summed E-state index contributed by atoms with van der Waals surface area (Å²) in [7, 11) is 1.91. The van der Waals surface area contributed by atoms with Crippen molar-refractivity contribution < 1.29 is 0 Å². The smallest absolute Gasteiger partial charge is 0.0337 e. The molecule has 0 saturated carbocycles. The van der Waals surface area contributed by atoms with Gasteiger partial charge < -0.3 is 5.32 Å². The summed E-state index contributed by atoms with van der Waals surface area (Å²) in [5.74, 6) is 0. The van der Waals surface area contributed by atoms with E-state index in [2.05, 4.69) is 109 Å². The molecule has 3 aromatic rings. The van der Waals surface area contributed by atoms with Crippen LogP contribution in [-0.2, 0) is 5.41 Å². The van der Waals surface area contributed by atoms with E-state index in [0.717, 1.165) is 5.69 Å². The van der Waals surface area contributed by atoms with Crippen LogP contribution in [-0.4, -0.2) is 7.05 Å². The van der Waals surface area contributed by atoms with Gasteiger partial charge >= 0.3 is 0 Å². The molecule has 0 atom stereocenters. The van der Waals surface area contributed by atoms with Crippen molar-refractivity contribution >= 4 is 5.69 Å². The van der Waals surface area contributed by atoms with Crippen molar-refractivity contribution in [2.24, 2.45) is 10.8 Å². The lowest BCUT2D eigenvalue weighted by molar-refractivity contribution is 0.255. The van der Waals surface area contributed by atoms with Gasteiger partial charge in [-0.1, -0.05) is 136 Å². The Labute approximate surface area is 204 Å². The van der Waals surface area contributed by atoms with Crippen molar-refractivity contribution in [1.29, 1.82) is 0 Å². The molecule has 0 fully saturated rings. The fourth-order valence-corrected chi connectivity index (χ4v) is 3.87. The van der Waals surface area contributed by atoms with Gasteiger partial charge in [0, 0.05) is 18.2 Å². The van der Waals surface area contributed by atoms with E-state index >= 15 is 0 Å². The summed E-state index contributed by atoms with van der Waals surface area (Å²) in [4.78, 5) is 0. The van der Waals surface area contributed by atoms with Crippen molar-refractivity contribution in [3.8, 4) is 11.1 Å². The highest BCUT2D eigenvalue weighted by Gasteiger charge is 2.46. The molecular formula is C32H47N. The quantitative estimate of drug-likeness (QED) is 0.393. The van der Waals surface area contributed by atoms with Crippen LogP contribution in [0.25, 0.3) is 11.1 Å². The van der Waals surface area contributed by atoms with Crippen LogP contribution in [0.5, 0.6) is 0 Å². The Morgan fingerprint density at radius 3 is 1.21 bits per heavy atom. The number of benzene rings is 3. The molecule has 1 aliphatic rings. The highest BCUT2D eigenvalue weighted by Crippen LogP contribution is 2.56. The fraction of sp³-hybridized carbons (Fsp3) is 0.438. The van der Waals surface area contributed by atoms with Gasteiger partial charge in [0.05, 0.1) is 0 Å². The summed E-state index contributed by atoms with van der Waals surface area (Å²) < 4.78 is 0. The SMILES string of the molecule is CC.CC(C)(C)C.CC(C)(C)C1(C)c2ccccc2-c2ccccc21.CNc1ccccc1. The lowest BCUT2D eigenvalue weighted by Gasteiger charge is -2.40. The van der Waals surface area contributed by atoms with Gasteiger partial charge in [-0.05, 0) is 45.2 Å². The summed E-state index contributed by atoms with van der Waals surface area (Å²) >= 11 is 0. The molecule has 0 radical (unpaired) electrons. The van der Waals surface area contributed by atoms with Gasteiger partial charge in [-0.2, -0.15) is 0 Å². The predicted octanol–water partition coefficient (Wildman–Crippen LogP) is 9.83. The molecule has 1 nitrogen and oxygen atoms in total. The molecule has 1 heteroatoms. The summed E-state index contributed by atoms with van der Waals surface area (Å²) in [5.41, 5.74) is 7.72. The van der Waals surface area contributed by atoms with Crippen molar-refractivity contribution in [1.82, 2.24) is 0 Å². The van der Waals surface area contributed by atoms with E-state index < -0.39 is 0 Å². The maximum atomic E-state index is 3.03. The molecule has 180 valence electrons. The van der Waals surface area contributed by atoms with Crippen molar-refractivity contribution in [2.75, 3.05) is 12.4 Å². The average Bonchev–Trinajstić information content (AvgIpc) is 3.05. The standard InChI is InChI=1S/C18H20.C7H9N.C5H12.C2H6/c1-17(2,3)18(4)15-11-7-5-9-13(15)14-10-6-8-12-16(14)18;1-8-7-5-3-2-4-6-7;1-5(2,3)4;1-2/h5-12H,1-4H3;2-6,8H,1H3;1-4H3;1-2H3. The van der Waals surface area contributed by atoms with Crippen molar-refractivity contribution in [2.45, 2.75) is 74.7 Å². The molecule has 3 aromatic carbocycles. The molecular weight excluding hydrogens is 398 g/mol. The van der Waals surface area contributed by atoms with Gasteiger partial charge in [-0.3, -0.25) is 0 Å². The van der Waals surface area contributed by atoms with Crippen molar-refractivity contribution in [3.63, 3.8) is 0 Å². The maximum absolute atomic E-state index is 3.03. The Balaban J connectivity index is 0.000000302. The normalized spacial score (nSPS) is 12.9. The van der Waals surface area contributed by atoms with E-state index in [1.807, 2.05) is 51.2 Å². The van der Waals surface area contributed by atoms with Crippen LogP contribution in [0.2, 0.25) is 0 Å². The van der Waals surface area contributed by atoms with Crippen LogP contribution in [0.15, 0.2) is 78.9 Å². The Bertz CT molecular complexity index is 904. The molecule has 0 unspecified atom stereocenters. The molecule has 1 N–H and O–H groups in total. The molecule has 0 heterocycles. The second-order valence-corrected chi connectivity index (χ2v) is 11.1. The van der Waals surface area contributed by atoms with Crippen LogP contribution in [0.4, 0.5) is 5.69 Å². The van der Waals surface area contributed by atoms with Crippen LogP contribution < -0.4 is 5.32 Å². The minimum absolute atomic E-state index is 0.0974. The minimum Gasteiger partial charge on any atom is -0.388 e. The number of para-hydroxylation sites is 1. The molecule has 0 bridgehead atoms. The summed E-state index contributed by atoms with van der Waals surface area (Å²) in [5, 5.41) is 3.03. The Kier molecular flexibility index (Phi) is 10.4. The van der Waals surface area contributed by atoms with E-state index in [-0.39, 0.29) is 10.8 Å². The van der Waals surface area contributed by atoms with Gasteiger partial charge in [0.25, 0.3) is 0 Å². The number of hydrogen-bond acceptors (Lipinski definition) is 1. The lowest BCUT2D eigenvalue weighted by atomic mass is 9.62. The Hall–Kier alpha value is -2.54. The van der Waals surface area contributed by atoms with Crippen LogP contribution in [0, 0.1) is 10.8 Å². The number of rotatable bonds is 1. The predicted molar refractivity (Wildman–Crippen MR) is 150 cm³/mol. The number of hydrogen-bond donors (Lipinski definition) is 1. The Morgan fingerprint density at radius 1 is 0.576 bits per heavy atom. The van der Waals surface area contributed by atoms with Gasteiger partial charge in [-0.25, -0.2) is 0 Å². The van der Waals surface area contributed by atoms with Crippen LogP contribution >= 0.6 is 0 Å². The molecule has 0 saturated heterocycles. The third-order valence-corrected chi connectivity index (χ3v) is 5.78. The lowest BCUT2D eigenvalue weighted by Crippen LogP contribution is -2.36. The van der Waals surface area contributed by atoms with Crippen LogP contribution in [0.3, 0.4) is 0 Å². The van der Waals surface area contributed by atoms with E-state index in [1.54, 1.807) is 0 Å². The van der Waals surface area contributed by atoms with Gasteiger partial charge in [-0.15, -0.1) is 0 Å². The highest BCUT2D eigenvalue weighted by atomic mass is 14.8. The first-order chi connectivity index (χ1) is 15.4. The molecule has 0 aromatic heterocycles. The number of anilines is 1. The van der Waals surface area contributed by atoms with Crippen LogP contribution in [0.1, 0.15) is 80.4 Å². The van der Waals surface area contributed by atoms with E-state index in [9.17, 15) is 0 Å². The van der Waals surface area contributed by atoms with E-state index in [1.165, 1.54) is 22.3 Å². The zero-order chi connectivity index (χ0) is 25.3. The second-order valence-electron chi connectivity index (χ2n) is 11.1. The van der Waals surface area contributed by atoms with Crippen molar-refractivity contribution in [3.05, 3.63) is 90.0 Å². The molecule has 4 rings (SSSR count). The first-order valence-electron chi connectivity index (χ1n) is 12.3. The van der Waals surface area contributed by atoms with E-state index in [0.29, 0.717) is 5.41 Å². The second kappa shape index (κ2) is 12.1. The minimum atomic E-state index is 0.0974. The summed E-state index contributed by atoms with van der Waals surface area (Å²) in [6.07, 6.45) is 0. The molecule has 0 amide bonds. The molecule has 0 spiro atoms. The third kappa shape index (κ3) is 7.49. The first kappa shape index (κ1) is 28.5. The highest BCUT2D eigenvalue weighted by molar-refractivity contribution is 5.81. The van der Waals surface area contributed by atoms with E-state index in [4.69, 9.17) is 0 Å². The molecule has 1 aliphatic carbocycles. The first-order valence-corrected chi connectivity index (χ1v) is 12.3. The average molecular weight is 446 g/mol. The number of fused-ring (bicyclic) bond motifs is 3. The summed E-state index contributed by atoms with van der Waals surface area (Å²) in [6, 6.07) is 27.8. The fourth-order valence-electron chi connectivity index (χ4n) is 3.87. The number of nitrogens with one attached hydrogen (secondary N) is 1. The largest absolute Gasteiger partial charge is 0.388 e.